The Labute approximate surface area is 167 Å². The zero-order valence-electron chi connectivity index (χ0n) is 15.7. The van der Waals surface area contributed by atoms with Crippen LogP contribution in [0, 0.1) is 0 Å². The number of benzene rings is 1. The van der Waals surface area contributed by atoms with Gasteiger partial charge in [-0.15, -0.1) is 0 Å². The Morgan fingerprint density at radius 3 is 2.52 bits per heavy atom. The smallest absolute Gasteiger partial charge is 0.313 e. The van der Waals surface area contributed by atoms with Gasteiger partial charge in [-0.3, -0.25) is 19.7 Å². The number of aromatic nitrogens is 3. The summed E-state index contributed by atoms with van der Waals surface area (Å²) in [6, 6.07) is 12.3. The average Bonchev–Trinajstić information content (AvgIpc) is 3.30. The Kier molecular flexibility index (Phi) is 5.51. The van der Waals surface area contributed by atoms with Crippen molar-refractivity contribution in [2.45, 2.75) is 18.8 Å². The molecule has 2 amide bonds. The number of hydrogen-bond acceptors (Lipinski definition) is 5. The molecule has 1 atom stereocenters. The second kappa shape index (κ2) is 8.55. The number of rotatable bonds is 4. The summed E-state index contributed by atoms with van der Waals surface area (Å²) in [6.07, 6.45) is 6.81. The standard InChI is InChI=1S/C21H21N5O3/c27-20(21(28)26-13-1-2-15(14-26)19-9-12-23-25-19)24-16-3-5-17(6-4-16)29-18-7-10-22-11-8-18/h3-12,15H,1-2,13-14H2,(H,23,25)(H,24,27). The molecule has 4 rings (SSSR count). The summed E-state index contributed by atoms with van der Waals surface area (Å²) in [6.45, 7) is 1.09. The molecule has 0 saturated carbocycles. The number of nitrogens with one attached hydrogen (secondary N) is 2. The zero-order valence-corrected chi connectivity index (χ0v) is 15.7. The van der Waals surface area contributed by atoms with E-state index < -0.39 is 11.8 Å². The Bertz CT molecular complexity index is 958. The van der Waals surface area contributed by atoms with Gasteiger partial charge in [-0.05, 0) is 55.3 Å². The molecule has 0 radical (unpaired) electrons. The van der Waals surface area contributed by atoms with Crippen molar-refractivity contribution in [3.05, 3.63) is 66.7 Å². The number of hydrogen-bond donors (Lipinski definition) is 2. The Hall–Kier alpha value is -3.68. The predicted molar refractivity (Wildman–Crippen MR) is 107 cm³/mol. The van der Waals surface area contributed by atoms with E-state index in [0.717, 1.165) is 18.5 Å². The third kappa shape index (κ3) is 4.60. The van der Waals surface area contributed by atoms with E-state index in [4.69, 9.17) is 4.74 Å². The molecular weight excluding hydrogens is 370 g/mol. The molecule has 8 heteroatoms. The molecule has 1 aliphatic heterocycles. The fraction of sp³-hybridized carbons (Fsp3) is 0.238. The number of carbonyl (C=O) groups is 2. The normalized spacial score (nSPS) is 16.3. The summed E-state index contributed by atoms with van der Waals surface area (Å²) >= 11 is 0. The first-order valence-corrected chi connectivity index (χ1v) is 9.46. The summed E-state index contributed by atoms with van der Waals surface area (Å²) in [5.41, 5.74) is 1.53. The van der Waals surface area contributed by atoms with Crippen molar-refractivity contribution in [3.8, 4) is 11.5 Å². The van der Waals surface area contributed by atoms with Gasteiger partial charge < -0.3 is 15.0 Å². The predicted octanol–water partition coefficient (Wildman–Crippen LogP) is 2.94. The molecule has 1 saturated heterocycles. The van der Waals surface area contributed by atoms with Gasteiger partial charge in [-0.2, -0.15) is 5.10 Å². The van der Waals surface area contributed by atoms with Gasteiger partial charge >= 0.3 is 11.8 Å². The van der Waals surface area contributed by atoms with Gasteiger partial charge in [0.1, 0.15) is 11.5 Å². The molecule has 1 unspecified atom stereocenters. The van der Waals surface area contributed by atoms with Gasteiger partial charge in [0, 0.05) is 49.0 Å². The zero-order chi connectivity index (χ0) is 20.1. The van der Waals surface area contributed by atoms with Crippen LogP contribution in [0.2, 0.25) is 0 Å². The third-order valence-corrected chi connectivity index (χ3v) is 4.86. The highest BCUT2D eigenvalue weighted by molar-refractivity contribution is 6.39. The molecule has 1 aliphatic rings. The maximum absolute atomic E-state index is 12.6. The highest BCUT2D eigenvalue weighted by atomic mass is 16.5. The van der Waals surface area contributed by atoms with E-state index in [1.807, 2.05) is 6.07 Å². The SMILES string of the molecule is O=C(Nc1ccc(Oc2ccncc2)cc1)C(=O)N1CCCC(c2ccn[nH]2)C1. The molecular formula is C21H21N5O3. The van der Waals surface area contributed by atoms with Gasteiger partial charge in [-0.1, -0.05) is 0 Å². The van der Waals surface area contributed by atoms with E-state index in [2.05, 4.69) is 20.5 Å². The molecule has 1 aromatic carbocycles. The number of likely N-dealkylation sites (tertiary alicyclic amines) is 1. The minimum Gasteiger partial charge on any atom is -0.457 e. The Morgan fingerprint density at radius 2 is 1.79 bits per heavy atom. The van der Waals surface area contributed by atoms with Crippen molar-refractivity contribution in [1.29, 1.82) is 0 Å². The van der Waals surface area contributed by atoms with Crippen LogP contribution < -0.4 is 10.1 Å². The summed E-state index contributed by atoms with van der Waals surface area (Å²) in [5.74, 6) is 0.305. The van der Waals surface area contributed by atoms with Gasteiger partial charge in [0.15, 0.2) is 0 Å². The van der Waals surface area contributed by atoms with Gasteiger partial charge in [0.05, 0.1) is 0 Å². The molecule has 0 bridgehead atoms. The molecule has 2 N–H and O–H groups in total. The fourth-order valence-corrected chi connectivity index (χ4v) is 3.39. The van der Waals surface area contributed by atoms with Crippen molar-refractivity contribution in [2.75, 3.05) is 18.4 Å². The molecule has 8 nitrogen and oxygen atoms in total. The van der Waals surface area contributed by atoms with Gasteiger partial charge in [-0.25, -0.2) is 0 Å². The van der Waals surface area contributed by atoms with Crippen molar-refractivity contribution in [3.63, 3.8) is 0 Å². The number of amides is 2. The second-order valence-electron chi connectivity index (χ2n) is 6.87. The van der Waals surface area contributed by atoms with Crippen molar-refractivity contribution >= 4 is 17.5 Å². The van der Waals surface area contributed by atoms with E-state index >= 15 is 0 Å². The molecule has 148 valence electrons. The number of carbonyl (C=O) groups excluding carboxylic acids is 2. The van der Waals surface area contributed by atoms with Crippen LogP contribution in [0.1, 0.15) is 24.5 Å². The minimum atomic E-state index is -0.641. The highest BCUT2D eigenvalue weighted by Gasteiger charge is 2.29. The molecule has 29 heavy (non-hydrogen) atoms. The Morgan fingerprint density at radius 1 is 1.03 bits per heavy atom. The minimum absolute atomic E-state index is 0.174. The number of nitrogens with zero attached hydrogens (tertiary/aromatic N) is 3. The van der Waals surface area contributed by atoms with Crippen LogP contribution >= 0.6 is 0 Å². The van der Waals surface area contributed by atoms with Crippen LogP contribution in [0.4, 0.5) is 5.69 Å². The summed E-state index contributed by atoms with van der Waals surface area (Å²) in [4.78, 5) is 30.5. The molecule has 3 aromatic rings. The maximum atomic E-state index is 12.6. The fourth-order valence-electron chi connectivity index (χ4n) is 3.39. The lowest BCUT2D eigenvalue weighted by molar-refractivity contribution is -0.144. The topological polar surface area (TPSA) is 100 Å². The third-order valence-electron chi connectivity index (χ3n) is 4.86. The van der Waals surface area contributed by atoms with E-state index in [-0.39, 0.29) is 5.92 Å². The highest BCUT2D eigenvalue weighted by Crippen LogP contribution is 2.26. The van der Waals surface area contributed by atoms with Gasteiger partial charge in [0.25, 0.3) is 0 Å². The molecule has 0 spiro atoms. The number of anilines is 1. The van der Waals surface area contributed by atoms with Crippen LogP contribution in [0.5, 0.6) is 11.5 Å². The van der Waals surface area contributed by atoms with Crippen molar-refractivity contribution < 1.29 is 14.3 Å². The van der Waals surface area contributed by atoms with Crippen molar-refractivity contribution in [1.82, 2.24) is 20.1 Å². The van der Waals surface area contributed by atoms with Crippen LogP contribution in [0.3, 0.4) is 0 Å². The number of aromatic amines is 1. The molecule has 0 aliphatic carbocycles. The number of ether oxygens (including phenoxy) is 1. The summed E-state index contributed by atoms with van der Waals surface area (Å²) in [5, 5.41) is 9.59. The average molecular weight is 391 g/mol. The van der Waals surface area contributed by atoms with E-state index in [0.29, 0.717) is 30.3 Å². The van der Waals surface area contributed by atoms with Crippen LogP contribution in [-0.2, 0) is 9.59 Å². The van der Waals surface area contributed by atoms with E-state index in [1.165, 1.54) is 0 Å². The number of H-pyrrole nitrogens is 1. The largest absolute Gasteiger partial charge is 0.457 e. The first kappa shape index (κ1) is 18.7. The first-order valence-electron chi connectivity index (χ1n) is 9.46. The lowest BCUT2D eigenvalue weighted by atomic mass is 9.95. The summed E-state index contributed by atoms with van der Waals surface area (Å²) in [7, 11) is 0. The van der Waals surface area contributed by atoms with Crippen LogP contribution in [0.15, 0.2) is 61.1 Å². The quantitative estimate of drug-likeness (QED) is 0.666. The molecule has 3 heterocycles. The van der Waals surface area contributed by atoms with Crippen LogP contribution in [0.25, 0.3) is 0 Å². The van der Waals surface area contributed by atoms with E-state index in [9.17, 15) is 9.59 Å². The van der Waals surface area contributed by atoms with Crippen LogP contribution in [-0.4, -0.2) is 45.0 Å². The Balaban J connectivity index is 1.34. The molecule has 1 fully saturated rings. The monoisotopic (exact) mass is 391 g/mol. The van der Waals surface area contributed by atoms with Crippen molar-refractivity contribution in [2.24, 2.45) is 0 Å². The lowest BCUT2D eigenvalue weighted by Crippen LogP contribution is -2.44. The van der Waals surface area contributed by atoms with E-state index in [1.54, 1.807) is 59.9 Å². The second-order valence-corrected chi connectivity index (χ2v) is 6.87. The lowest BCUT2D eigenvalue weighted by Gasteiger charge is -2.31. The van der Waals surface area contributed by atoms with Gasteiger partial charge in [0.2, 0.25) is 0 Å². The summed E-state index contributed by atoms with van der Waals surface area (Å²) < 4.78 is 5.69. The number of piperidine rings is 1. The maximum Gasteiger partial charge on any atom is 0.313 e. The number of pyridine rings is 1. The first-order chi connectivity index (χ1) is 14.2. The molecule has 2 aromatic heterocycles.